The summed E-state index contributed by atoms with van der Waals surface area (Å²) in [5.41, 5.74) is 8.13. The van der Waals surface area contributed by atoms with Gasteiger partial charge in [0.25, 0.3) is 0 Å². The number of unbranched alkanes of at least 4 members (excludes halogenated alkanes) is 4. The third kappa shape index (κ3) is 6.30. The summed E-state index contributed by atoms with van der Waals surface area (Å²) in [6.07, 6.45) is 13.5. The number of azide groups is 1. The highest BCUT2D eigenvalue weighted by atomic mass is 15.1. The summed E-state index contributed by atoms with van der Waals surface area (Å²) in [6.45, 7) is 5.06. The molecule has 0 aromatic carbocycles. The predicted molar refractivity (Wildman–Crippen MR) is 72.0 cm³/mol. The monoisotopic (exact) mass is 250 g/mol. The van der Waals surface area contributed by atoms with Crippen LogP contribution in [0, 0.1) is 0 Å². The smallest absolute Gasteiger partial charge is 0.237 e. The van der Waals surface area contributed by atoms with Crippen LogP contribution in [0.5, 0.6) is 0 Å². The van der Waals surface area contributed by atoms with Crippen LogP contribution in [0.3, 0.4) is 0 Å². The molecular weight excluding hydrogens is 226 g/mol. The van der Waals surface area contributed by atoms with Crippen LogP contribution in [0.15, 0.2) is 23.8 Å². The Balaban J connectivity index is 2.08. The van der Waals surface area contributed by atoms with Gasteiger partial charge in [0, 0.05) is 11.5 Å². The van der Waals surface area contributed by atoms with Crippen molar-refractivity contribution in [1.82, 2.24) is 4.57 Å². The number of hydrogen-bond acceptors (Lipinski definition) is 1. The molecule has 1 heterocycles. The van der Waals surface area contributed by atoms with Gasteiger partial charge in [-0.15, -0.1) is 0 Å². The van der Waals surface area contributed by atoms with Gasteiger partial charge in [0.1, 0.15) is 12.4 Å². The van der Waals surface area contributed by atoms with E-state index in [4.69, 9.17) is 5.53 Å². The lowest BCUT2D eigenvalue weighted by Gasteiger charge is -1.97. The highest BCUT2D eigenvalue weighted by Gasteiger charge is 2.02. The van der Waals surface area contributed by atoms with Crippen LogP contribution in [0.2, 0.25) is 0 Å². The summed E-state index contributed by atoms with van der Waals surface area (Å²) in [5.74, 6) is 0. The lowest BCUT2D eigenvalue weighted by Crippen LogP contribution is -2.30. The summed E-state index contributed by atoms with van der Waals surface area (Å²) in [7, 11) is 0. The van der Waals surface area contributed by atoms with Crippen molar-refractivity contribution in [2.24, 2.45) is 5.11 Å². The summed E-state index contributed by atoms with van der Waals surface area (Å²) >= 11 is 0. The molecule has 5 nitrogen and oxygen atoms in total. The van der Waals surface area contributed by atoms with Crippen LogP contribution in [-0.2, 0) is 13.1 Å². The van der Waals surface area contributed by atoms with E-state index in [1.165, 1.54) is 25.7 Å². The van der Waals surface area contributed by atoms with Crippen molar-refractivity contribution in [3.8, 4) is 0 Å². The first-order valence-electron chi connectivity index (χ1n) is 6.92. The molecule has 1 aromatic heterocycles. The largest absolute Gasteiger partial charge is 0.243 e. The highest BCUT2D eigenvalue weighted by Crippen LogP contribution is 2.00. The molecule has 0 unspecified atom stereocenters. The third-order valence-corrected chi connectivity index (χ3v) is 3.00. The zero-order chi connectivity index (χ0) is 13.1. The standard InChI is InChI=1S/C13H24N5/c1-2-3-9-17-11-12-18(13-17)10-7-5-4-6-8-15-16-14/h11-13H,2-10H2,1H3/q+1. The van der Waals surface area contributed by atoms with Gasteiger partial charge in [-0.2, -0.15) is 0 Å². The summed E-state index contributed by atoms with van der Waals surface area (Å²) in [4.78, 5) is 2.75. The molecular formula is C13H24N5+. The number of nitrogens with zero attached hydrogens (tertiary/aromatic N) is 5. The second kappa shape index (κ2) is 9.54. The third-order valence-electron chi connectivity index (χ3n) is 3.00. The van der Waals surface area contributed by atoms with E-state index in [9.17, 15) is 0 Å². The number of aryl methyl sites for hydroxylation is 2. The maximum absolute atomic E-state index is 8.13. The van der Waals surface area contributed by atoms with Gasteiger partial charge in [-0.25, -0.2) is 9.13 Å². The predicted octanol–water partition coefficient (Wildman–Crippen LogP) is 3.45. The van der Waals surface area contributed by atoms with Gasteiger partial charge in [-0.1, -0.05) is 24.9 Å². The van der Waals surface area contributed by atoms with E-state index < -0.39 is 0 Å². The van der Waals surface area contributed by atoms with Gasteiger partial charge in [0.05, 0.1) is 13.1 Å². The van der Waals surface area contributed by atoms with Gasteiger partial charge in [-0.3, -0.25) is 0 Å². The molecule has 0 spiro atoms. The van der Waals surface area contributed by atoms with Crippen LogP contribution in [0.25, 0.3) is 10.4 Å². The average molecular weight is 250 g/mol. The second-order valence-electron chi connectivity index (χ2n) is 4.61. The molecule has 0 aliphatic rings. The van der Waals surface area contributed by atoms with Crippen LogP contribution in [0.1, 0.15) is 45.4 Å². The van der Waals surface area contributed by atoms with Crippen molar-refractivity contribution in [1.29, 1.82) is 0 Å². The average Bonchev–Trinajstić information content (AvgIpc) is 2.83. The minimum absolute atomic E-state index is 0.636. The van der Waals surface area contributed by atoms with Crippen LogP contribution in [-0.4, -0.2) is 11.1 Å². The molecule has 0 radical (unpaired) electrons. The number of aromatic nitrogens is 2. The first-order valence-corrected chi connectivity index (χ1v) is 6.92. The Morgan fingerprint density at radius 3 is 2.83 bits per heavy atom. The normalized spacial score (nSPS) is 10.3. The fraction of sp³-hybridized carbons (Fsp3) is 0.769. The van der Waals surface area contributed by atoms with E-state index in [2.05, 4.69) is 44.8 Å². The molecule has 0 N–H and O–H groups in total. The zero-order valence-corrected chi connectivity index (χ0v) is 11.3. The Kier molecular flexibility index (Phi) is 7.73. The Hall–Kier alpha value is -1.48. The van der Waals surface area contributed by atoms with Gasteiger partial charge in [-0.05, 0) is 31.2 Å². The molecule has 0 amide bonds. The van der Waals surface area contributed by atoms with E-state index in [-0.39, 0.29) is 0 Å². The Bertz CT molecular complexity index is 365. The second-order valence-corrected chi connectivity index (χ2v) is 4.61. The number of imidazole rings is 1. The van der Waals surface area contributed by atoms with Crippen molar-refractivity contribution in [2.45, 2.75) is 58.5 Å². The molecule has 0 saturated heterocycles. The van der Waals surface area contributed by atoms with Gasteiger partial charge in [0.2, 0.25) is 6.33 Å². The van der Waals surface area contributed by atoms with E-state index in [1.807, 2.05) is 0 Å². The molecule has 0 saturated carbocycles. The zero-order valence-electron chi connectivity index (χ0n) is 11.3. The molecule has 5 heteroatoms. The number of rotatable bonds is 10. The minimum atomic E-state index is 0.636. The molecule has 0 aliphatic carbocycles. The van der Waals surface area contributed by atoms with E-state index in [0.717, 1.165) is 25.9 Å². The number of hydrogen-bond donors (Lipinski definition) is 0. The van der Waals surface area contributed by atoms with Crippen LogP contribution < -0.4 is 4.57 Å². The van der Waals surface area contributed by atoms with Crippen molar-refractivity contribution in [2.75, 3.05) is 6.54 Å². The molecule has 18 heavy (non-hydrogen) atoms. The lowest BCUT2D eigenvalue weighted by molar-refractivity contribution is -0.696. The Morgan fingerprint density at radius 2 is 2.06 bits per heavy atom. The summed E-state index contributed by atoms with van der Waals surface area (Å²) < 4.78 is 4.51. The van der Waals surface area contributed by atoms with Crippen LogP contribution >= 0.6 is 0 Å². The molecule has 0 bridgehead atoms. The first-order chi connectivity index (χ1) is 8.86. The van der Waals surface area contributed by atoms with Crippen LogP contribution in [0.4, 0.5) is 0 Å². The lowest BCUT2D eigenvalue weighted by atomic mass is 10.2. The van der Waals surface area contributed by atoms with E-state index in [1.54, 1.807) is 0 Å². The van der Waals surface area contributed by atoms with Gasteiger partial charge in [0.15, 0.2) is 0 Å². The van der Waals surface area contributed by atoms with Crippen molar-refractivity contribution < 1.29 is 4.57 Å². The molecule has 1 aromatic rings. The minimum Gasteiger partial charge on any atom is -0.237 e. The fourth-order valence-electron chi connectivity index (χ4n) is 1.92. The van der Waals surface area contributed by atoms with E-state index >= 15 is 0 Å². The molecule has 0 atom stereocenters. The first kappa shape index (κ1) is 14.6. The highest BCUT2D eigenvalue weighted by molar-refractivity contribution is 4.65. The SMILES string of the molecule is CCCCn1cc[n+](CCCCCCN=[N+]=[N-])c1. The summed E-state index contributed by atoms with van der Waals surface area (Å²) in [6, 6.07) is 0. The summed E-state index contributed by atoms with van der Waals surface area (Å²) in [5, 5.41) is 3.53. The van der Waals surface area contributed by atoms with Crippen molar-refractivity contribution >= 4 is 0 Å². The van der Waals surface area contributed by atoms with Gasteiger partial charge >= 0.3 is 0 Å². The molecule has 100 valence electrons. The Morgan fingerprint density at radius 1 is 1.22 bits per heavy atom. The van der Waals surface area contributed by atoms with Gasteiger partial charge < -0.3 is 0 Å². The Labute approximate surface area is 109 Å². The molecule has 1 rings (SSSR count). The molecule has 0 aliphatic heterocycles. The van der Waals surface area contributed by atoms with Crippen molar-refractivity contribution in [3.05, 3.63) is 29.2 Å². The maximum atomic E-state index is 8.13. The molecule has 0 fully saturated rings. The van der Waals surface area contributed by atoms with E-state index in [0.29, 0.717) is 6.54 Å². The maximum Gasteiger partial charge on any atom is 0.243 e. The fourth-order valence-corrected chi connectivity index (χ4v) is 1.92. The quantitative estimate of drug-likeness (QED) is 0.201. The topological polar surface area (TPSA) is 57.6 Å². The van der Waals surface area contributed by atoms with Crippen molar-refractivity contribution in [3.63, 3.8) is 0 Å².